The molecule has 1 fully saturated rings. The van der Waals surface area contributed by atoms with Gasteiger partial charge in [0.25, 0.3) is 0 Å². The fourth-order valence-corrected chi connectivity index (χ4v) is 2.42. The van der Waals surface area contributed by atoms with Crippen LogP contribution < -0.4 is 10.6 Å². The van der Waals surface area contributed by atoms with Gasteiger partial charge in [-0.05, 0) is 50.4 Å². The van der Waals surface area contributed by atoms with Gasteiger partial charge in [-0.2, -0.15) is 0 Å². The molecule has 0 radical (unpaired) electrons. The van der Waals surface area contributed by atoms with Crippen molar-refractivity contribution in [3.8, 4) is 0 Å². The van der Waals surface area contributed by atoms with Crippen molar-refractivity contribution in [3.63, 3.8) is 0 Å². The molecular weight excluding hydrogens is 269 g/mol. The molecule has 1 atom stereocenters. The van der Waals surface area contributed by atoms with Crippen molar-refractivity contribution in [1.29, 1.82) is 0 Å². The van der Waals surface area contributed by atoms with E-state index in [9.17, 15) is 4.39 Å². The van der Waals surface area contributed by atoms with Crippen LogP contribution in [0.15, 0.2) is 24.5 Å². The van der Waals surface area contributed by atoms with Crippen molar-refractivity contribution in [3.05, 3.63) is 41.6 Å². The molecule has 0 aliphatic carbocycles. The third kappa shape index (κ3) is 3.52. The SMILES string of the molecule is Cc1ccc(Nc2ncc(F)c(CC3CCNC3)n2)nc1. The highest BCUT2D eigenvalue weighted by molar-refractivity contribution is 5.47. The molecule has 2 N–H and O–H groups in total. The van der Waals surface area contributed by atoms with Gasteiger partial charge in [-0.25, -0.2) is 19.3 Å². The number of anilines is 2. The molecule has 1 unspecified atom stereocenters. The van der Waals surface area contributed by atoms with Gasteiger partial charge in [0.15, 0.2) is 5.82 Å². The molecule has 3 rings (SSSR count). The van der Waals surface area contributed by atoms with E-state index < -0.39 is 0 Å². The molecule has 21 heavy (non-hydrogen) atoms. The number of halogens is 1. The number of hydrogen-bond donors (Lipinski definition) is 2. The first-order valence-electron chi connectivity index (χ1n) is 7.12. The zero-order chi connectivity index (χ0) is 14.7. The van der Waals surface area contributed by atoms with Crippen molar-refractivity contribution < 1.29 is 4.39 Å². The fraction of sp³-hybridized carbons (Fsp3) is 0.400. The fourth-order valence-electron chi connectivity index (χ4n) is 2.42. The third-order valence-electron chi connectivity index (χ3n) is 3.61. The summed E-state index contributed by atoms with van der Waals surface area (Å²) in [6, 6.07) is 3.80. The van der Waals surface area contributed by atoms with Crippen LogP contribution in [0.4, 0.5) is 16.2 Å². The highest BCUT2D eigenvalue weighted by Gasteiger charge is 2.18. The second kappa shape index (κ2) is 6.13. The van der Waals surface area contributed by atoms with E-state index in [4.69, 9.17) is 0 Å². The van der Waals surface area contributed by atoms with Crippen molar-refractivity contribution in [2.45, 2.75) is 19.8 Å². The van der Waals surface area contributed by atoms with Gasteiger partial charge in [0.1, 0.15) is 5.82 Å². The molecular formula is C15H18FN5. The number of nitrogens with zero attached hydrogens (tertiary/aromatic N) is 3. The lowest BCUT2D eigenvalue weighted by molar-refractivity contribution is 0.528. The van der Waals surface area contributed by atoms with Gasteiger partial charge >= 0.3 is 0 Å². The molecule has 0 bridgehead atoms. The molecule has 1 aliphatic heterocycles. The van der Waals surface area contributed by atoms with E-state index in [1.165, 1.54) is 6.20 Å². The van der Waals surface area contributed by atoms with Gasteiger partial charge in [0.2, 0.25) is 5.95 Å². The highest BCUT2D eigenvalue weighted by Crippen LogP contribution is 2.18. The molecule has 0 spiro atoms. The van der Waals surface area contributed by atoms with Crippen LogP contribution in [0.5, 0.6) is 0 Å². The molecule has 0 saturated carbocycles. The first kappa shape index (κ1) is 13.9. The summed E-state index contributed by atoms with van der Waals surface area (Å²) in [5.41, 5.74) is 1.54. The summed E-state index contributed by atoms with van der Waals surface area (Å²) < 4.78 is 13.8. The summed E-state index contributed by atoms with van der Waals surface area (Å²) in [4.78, 5) is 12.5. The number of rotatable bonds is 4. The molecule has 3 heterocycles. The minimum absolute atomic E-state index is 0.343. The smallest absolute Gasteiger partial charge is 0.228 e. The van der Waals surface area contributed by atoms with Crippen molar-refractivity contribution in [2.24, 2.45) is 5.92 Å². The van der Waals surface area contributed by atoms with Crippen molar-refractivity contribution >= 4 is 11.8 Å². The number of aromatic nitrogens is 3. The van der Waals surface area contributed by atoms with Crippen LogP contribution >= 0.6 is 0 Å². The predicted molar refractivity (Wildman–Crippen MR) is 78.9 cm³/mol. The monoisotopic (exact) mass is 287 g/mol. The Morgan fingerprint density at radius 3 is 2.95 bits per heavy atom. The molecule has 5 nitrogen and oxygen atoms in total. The quantitative estimate of drug-likeness (QED) is 0.902. The van der Waals surface area contributed by atoms with Gasteiger partial charge in [0, 0.05) is 6.20 Å². The van der Waals surface area contributed by atoms with Crippen molar-refractivity contribution in [1.82, 2.24) is 20.3 Å². The Morgan fingerprint density at radius 2 is 2.24 bits per heavy atom. The van der Waals surface area contributed by atoms with Gasteiger partial charge in [-0.3, -0.25) is 0 Å². The largest absolute Gasteiger partial charge is 0.316 e. The minimum Gasteiger partial charge on any atom is -0.316 e. The summed E-state index contributed by atoms with van der Waals surface area (Å²) in [5.74, 6) is 1.14. The summed E-state index contributed by atoms with van der Waals surface area (Å²) in [7, 11) is 0. The molecule has 0 aromatic carbocycles. The highest BCUT2D eigenvalue weighted by atomic mass is 19.1. The van der Waals surface area contributed by atoms with E-state index >= 15 is 0 Å². The maximum absolute atomic E-state index is 13.8. The summed E-state index contributed by atoms with van der Waals surface area (Å²) in [6.07, 6.45) is 4.68. The number of nitrogens with one attached hydrogen (secondary N) is 2. The topological polar surface area (TPSA) is 62.7 Å². The molecule has 0 amide bonds. The molecule has 2 aromatic heterocycles. The standard InChI is InChI=1S/C15H18FN5/c1-10-2-3-14(18-7-10)21-15-19-9-12(16)13(20-15)6-11-4-5-17-8-11/h2-3,7,9,11,17H,4-6,8H2,1H3,(H,18,19,20,21). The third-order valence-corrected chi connectivity index (χ3v) is 3.61. The van der Waals surface area contributed by atoms with E-state index in [-0.39, 0.29) is 5.82 Å². The lowest BCUT2D eigenvalue weighted by Gasteiger charge is -2.10. The maximum atomic E-state index is 13.8. The van der Waals surface area contributed by atoms with E-state index in [0.717, 1.165) is 25.1 Å². The summed E-state index contributed by atoms with van der Waals surface area (Å²) in [6.45, 7) is 3.89. The lowest BCUT2D eigenvalue weighted by Crippen LogP contribution is -2.13. The summed E-state index contributed by atoms with van der Waals surface area (Å²) >= 11 is 0. The van der Waals surface area contributed by atoms with E-state index in [0.29, 0.717) is 29.8 Å². The number of hydrogen-bond acceptors (Lipinski definition) is 5. The second-order valence-electron chi connectivity index (χ2n) is 5.40. The Morgan fingerprint density at radius 1 is 1.33 bits per heavy atom. The number of aryl methyl sites for hydroxylation is 1. The minimum atomic E-state index is -0.343. The van der Waals surface area contributed by atoms with E-state index in [1.54, 1.807) is 6.20 Å². The van der Waals surface area contributed by atoms with Gasteiger partial charge in [-0.1, -0.05) is 6.07 Å². The Balaban J connectivity index is 1.74. The van der Waals surface area contributed by atoms with E-state index in [2.05, 4.69) is 25.6 Å². The first-order valence-corrected chi connectivity index (χ1v) is 7.12. The summed E-state index contributed by atoms with van der Waals surface area (Å²) in [5, 5.41) is 6.29. The molecule has 1 saturated heterocycles. The maximum Gasteiger partial charge on any atom is 0.228 e. The molecule has 2 aromatic rings. The first-order chi connectivity index (χ1) is 10.2. The van der Waals surface area contributed by atoms with Crippen LogP contribution in [0, 0.1) is 18.7 Å². The Bertz CT molecular complexity index is 608. The molecule has 6 heteroatoms. The van der Waals surface area contributed by atoms with Crippen molar-refractivity contribution in [2.75, 3.05) is 18.4 Å². The van der Waals surface area contributed by atoms with Crippen LogP contribution in [-0.2, 0) is 6.42 Å². The molecule has 1 aliphatic rings. The van der Waals surface area contributed by atoms with Crippen LogP contribution in [-0.4, -0.2) is 28.0 Å². The lowest BCUT2D eigenvalue weighted by atomic mass is 10.0. The number of pyridine rings is 1. The Labute approximate surface area is 123 Å². The zero-order valence-electron chi connectivity index (χ0n) is 11.9. The van der Waals surface area contributed by atoms with Gasteiger partial charge < -0.3 is 10.6 Å². The van der Waals surface area contributed by atoms with Crippen LogP contribution in [0.1, 0.15) is 17.7 Å². The zero-order valence-corrected chi connectivity index (χ0v) is 11.9. The van der Waals surface area contributed by atoms with Crippen LogP contribution in [0.25, 0.3) is 0 Å². The van der Waals surface area contributed by atoms with Gasteiger partial charge in [0.05, 0.1) is 11.9 Å². The van der Waals surface area contributed by atoms with Crippen LogP contribution in [0.2, 0.25) is 0 Å². The predicted octanol–water partition coefficient (Wildman–Crippen LogP) is 2.21. The van der Waals surface area contributed by atoms with Gasteiger partial charge in [-0.15, -0.1) is 0 Å². The normalized spacial score (nSPS) is 17.9. The van der Waals surface area contributed by atoms with E-state index in [1.807, 2.05) is 19.1 Å². The molecule has 110 valence electrons. The van der Waals surface area contributed by atoms with Crippen LogP contribution in [0.3, 0.4) is 0 Å². The average Bonchev–Trinajstić information content (AvgIpc) is 2.98. The Hall–Kier alpha value is -2.08. The Kier molecular flexibility index (Phi) is 4.06. The average molecular weight is 287 g/mol. The second-order valence-corrected chi connectivity index (χ2v) is 5.40.